The molecule has 5 nitrogen and oxygen atoms in total. The Bertz CT molecular complexity index is 381. The van der Waals surface area contributed by atoms with Crippen LogP contribution in [0.15, 0.2) is 10.6 Å². The van der Waals surface area contributed by atoms with Crippen LogP contribution < -0.4 is 5.32 Å². The number of hydrogen-bond donors (Lipinski definition) is 1. The van der Waals surface area contributed by atoms with Crippen LogP contribution in [-0.4, -0.2) is 35.6 Å². The summed E-state index contributed by atoms with van der Waals surface area (Å²) in [5, 5.41) is 6.91. The molecule has 0 atom stereocenters. The summed E-state index contributed by atoms with van der Waals surface area (Å²) in [5.41, 5.74) is 0.866. The van der Waals surface area contributed by atoms with E-state index in [0.717, 1.165) is 37.4 Å². The topological polar surface area (TPSA) is 58.4 Å². The molecule has 0 radical (unpaired) electrons. The summed E-state index contributed by atoms with van der Waals surface area (Å²) >= 11 is 0. The molecule has 1 aromatic rings. The third kappa shape index (κ3) is 3.84. The molecule has 1 amide bonds. The lowest BCUT2D eigenvalue weighted by Crippen LogP contribution is -2.38. The Labute approximate surface area is 108 Å². The van der Waals surface area contributed by atoms with E-state index in [9.17, 15) is 4.79 Å². The second kappa shape index (κ2) is 6.54. The van der Waals surface area contributed by atoms with Crippen LogP contribution in [0.3, 0.4) is 0 Å². The monoisotopic (exact) mass is 251 g/mol. The molecule has 0 aromatic carbocycles. The lowest BCUT2D eigenvalue weighted by Gasteiger charge is -2.20. The number of nitrogens with one attached hydrogen (secondary N) is 1. The number of amides is 1. The fourth-order valence-corrected chi connectivity index (χ4v) is 2.22. The van der Waals surface area contributed by atoms with Crippen molar-refractivity contribution < 1.29 is 9.32 Å². The van der Waals surface area contributed by atoms with Gasteiger partial charge in [-0.1, -0.05) is 18.0 Å². The predicted molar refractivity (Wildman–Crippen MR) is 68.0 cm³/mol. The van der Waals surface area contributed by atoms with Crippen LogP contribution in [-0.2, 0) is 11.3 Å². The van der Waals surface area contributed by atoms with Crippen molar-refractivity contribution in [3.05, 3.63) is 17.5 Å². The first-order chi connectivity index (χ1) is 8.75. The van der Waals surface area contributed by atoms with Gasteiger partial charge in [-0.05, 0) is 19.8 Å². The molecular weight excluding hydrogens is 230 g/mol. The highest BCUT2D eigenvalue weighted by Crippen LogP contribution is 2.09. The Kier molecular flexibility index (Phi) is 4.75. The fourth-order valence-electron chi connectivity index (χ4n) is 2.22. The fraction of sp³-hybridized carbons (Fsp3) is 0.692. The normalized spacial score (nSPS) is 16.6. The van der Waals surface area contributed by atoms with Crippen molar-refractivity contribution in [1.29, 1.82) is 0 Å². The van der Waals surface area contributed by atoms with Crippen LogP contribution in [0.1, 0.15) is 37.1 Å². The number of aryl methyl sites for hydroxylation is 1. The van der Waals surface area contributed by atoms with E-state index in [2.05, 4.69) is 10.5 Å². The third-order valence-electron chi connectivity index (χ3n) is 3.21. The van der Waals surface area contributed by atoms with Crippen molar-refractivity contribution in [3.8, 4) is 0 Å². The quantitative estimate of drug-likeness (QED) is 0.880. The van der Waals surface area contributed by atoms with Crippen molar-refractivity contribution >= 4 is 5.91 Å². The maximum Gasteiger partial charge on any atom is 0.236 e. The first kappa shape index (κ1) is 13.1. The van der Waals surface area contributed by atoms with Gasteiger partial charge in [-0.25, -0.2) is 0 Å². The molecule has 1 aromatic heterocycles. The molecule has 0 aliphatic carbocycles. The number of carbonyl (C=O) groups is 1. The maximum absolute atomic E-state index is 12.0. The molecule has 2 heterocycles. The number of hydrogen-bond acceptors (Lipinski definition) is 4. The standard InChI is InChI=1S/C13H21N3O2/c1-11-8-12(18-15-11)9-14-10-13(17)16-6-4-2-3-5-7-16/h8,14H,2-7,9-10H2,1H3. The van der Waals surface area contributed by atoms with Gasteiger partial charge in [-0.15, -0.1) is 0 Å². The highest BCUT2D eigenvalue weighted by atomic mass is 16.5. The average Bonchev–Trinajstić information content (AvgIpc) is 2.63. The summed E-state index contributed by atoms with van der Waals surface area (Å²) in [4.78, 5) is 13.9. The van der Waals surface area contributed by atoms with Crippen LogP contribution in [0.4, 0.5) is 0 Å². The molecule has 1 aliphatic heterocycles. The second-order valence-corrected chi connectivity index (χ2v) is 4.83. The Hall–Kier alpha value is -1.36. The van der Waals surface area contributed by atoms with Crippen molar-refractivity contribution in [2.75, 3.05) is 19.6 Å². The molecule has 0 unspecified atom stereocenters. The minimum Gasteiger partial charge on any atom is -0.360 e. The minimum atomic E-state index is 0.188. The molecule has 1 N–H and O–H groups in total. The number of carbonyl (C=O) groups excluding carboxylic acids is 1. The van der Waals surface area contributed by atoms with Crippen molar-refractivity contribution in [2.24, 2.45) is 0 Å². The highest BCUT2D eigenvalue weighted by molar-refractivity contribution is 5.78. The van der Waals surface area contributed by atoms with E-state index in [1.807, 2.05) is 17.9 Å². The molecule has 1 aliphatic rings. The SMILES string of the molecule is Cc1cc(CNCC(=O)N2CCCCCC2)on1. The molecular formula is C13H21N3O2. The van der Waals surface area contributed by atoms with Gasteiger partial charge in [-0.3, -0.25) is 4.79 Å². The van der Waals surface area contributed by atoms with Crippen LogP contribution in [0.2, 0.25) is 0 Å². The summed E-state index contributed by atoms with van der Waals surface area (Å²) in [7, 11) is 0. The van der Waals surface area contributed by atoms with E-state index < -0.39 is 0 Å². The van der Waals surface area contributed by atoms with Crippen LogP contribution >= 0.6 is 0 Å². The zero-order chi connectivity index (χ0) is 12.8. The van der Waals surface area contributed by atoms with E-state index in [1.54, 1.807) is 0 Å². The van der Waals surface area contributed by atoms with Gasteiger partial charge in [0, 0.05) is 19.2 Å². The van der Waals surface area contributed by atoms with Gasteiger partial charge in [-0.2, -0.15) is 0 Å². The Morgan fingerprint density at radius 3 is 2.72 bits per heavy atom. The van der Waals surface area contributed by atoms with Crippen LogP contribution in [0.25, 0.3) is 0 Å². The lowest BCUT2D eigenvalue weighted by molar-refractivity contribution is -0.130. The smallest absolute Gasteiger partial charge is 0.236 e. The Balaban J connectivity index is 1.70. The minimum absolute atomic E-state index is 0.188. The van der Waals surface area contributed by atoms with E-state index in [1.165, 1.54) is 12.8 Å². The molecule has 5 heteroatoms. The van der Waals surface area contributed by atoms with Gasteiger partial charge >= 0.3 is 0 Å². The highest BCUT2D eigenvalue weighted by Gasteiger charge is 2.14. The zero-order valence-electron chi connectivity index (χ0n) is 10.9. The molecule has 1 fully saturated rings. The number of likely N-dealkylation sites (tertiary alicyclic amines) is 1. The molecule has 0 bridgehead atoms. The molecule has 2 rings (SSSR count). The molecule has 18 heavy (non-hydrogen) atoms. The summed E-state index contributed by atoms with van der Waals surface area (Å²) in [6.07, 6.45) is 4.75. The maximum atomic E-state index is 12.0. The molecule has 1 saturated heterocycles. The van der Waals surface area contributed by atoms with Crippen LogP contribution in [0, 0.1) is 6.92 Å². The molecule has 0 spiro atoms. The second-order valence-electron chi connectivity index (χ2n) is 4.83. The van der Waals surface area contributed by atoms with Crippen molar-refractivity contribution in [2.45, 2.75) is 39.2 Å². The average molecular weight is 251 g/mol. The van der Waals surface area contributed by atoms with Gasteiger partial charge < -0.3 is 14.7 Å². The van der Waals surface area contributed by atoms with Gasteiger partial charge in [0.15, 0.2) is 5.76 Å². The Morgan fingerprint density at radius 2 is 2.11 bits per heavy atom. The van der Waals surface area contributed by atoms with E-state index in [-0.39, 0.29) is 5.91 Å². The largest absolute Gasteiger partial charge is 0.360 e. The van der Waals surface area contributed by atoms with Gasteiger partial charge in [0.05, 0.1) is 18.8 Å². The van der Waals surface area contributed by atoms with E-state index in [0.29, 0.717) is 13.1 Å². The van der Waals surface area contributed by atoms with Crippen molar-refractivity contribution in [3.63, 3.8) is 0 Å². The number of nitrogens with zero attached hydrogens (tertiary/aromatic N) is 2. The van der Waals surface area contributed by atoms with Gasteiger partial charge in [0.2, 0.25) is 5.91 Å². The summed E-state index contributed by atoms with van der Waals surface area (Å²) in [5.74, 6) is 0.962. The molecule has 0 saturated carbocycles. The molecule has 100 valence electrons. The first-order valence-electron chi connectivity index (χ1n) is 6.66. The zero-order valence-corrected chi connectivity index (χ0v) is 10.9. The van der Waals surface area contributed by atoms with Gasteiger partial charge in [0.25, 0.3) is 0 Å². The van der Waals surface area contributed by atoms with Gasteiger partial charge in [0.1, 0.15) is 0 Å². The predicted octanol–water partition coefficient (Wildman–Crippen LogP) is 1.48. The third-order valence-corrected chi connectivity index (χ3v) is 3.21. The van der Waals surface area contributed by atoms with Crippen LogP contribution in [0.5, 0.6) is 0 Å². The number of rotatable bonds is 4. The lowest BCUT2D eigenvalue weighted by atomic mass is 10.2. The van der Waals surface area contributed by atoms with E-state index >= 15 is 0 Å². The summed E-state index contributed by atoms with van der Waals surface area (Å²) in [6.45, 7) is 4.62. The summed E-state index contributed by atoms with van der Waals surface area (Å²) < 4.78 is 5.07. The number of aromatic nitrogens is 1. The van der Waals surface area contributed by atoms with E-state index in [4.69, 9.17) is 4.52 Å². The summed E-state index contributed by atoms with van der Waals surface area (Å²) in [6, 6.07) is 1.88. The Morgan fingerprint density at radius 1 is 1.39 bits per heavy atom. The van der Waals surface area contributed by atoms with Crippen molar-refractivity contribution in [1.82, 2.24) is 15.4 Å². The first-order valence-corrected chi connectivity index (χ1v) is 6.66.